The Hall–Kier alpha value is -2.73. The molecular weight excluding hydrogens is 340 g/mol. The maximum absolute atomic E-state index is 12.9. The second kappa shape index (κ2) is 9.28. The van der Waals surface area contributed by atoms with Gasteiger partial charge in [-0.15, -0.1) is 0 Å². The molecule has 1 fully saturated rings. The number of nitrogens with two attached hydrogens (primary N) is 1. The molecular formula is C21H28N4O2. The van der Waals surface area contributed by atoms with Crippen LogP contribution in [0.1, 0.15) is 30.1 Å². The van der Waals surface area contributed by atoms with Gasteiger partial charge in [0.25, 0.3) is 5.91 Å². The molecule has 1 aliphatic rings. The number of nitrogen functional groups attached to an aromatic ring is 1. The lowest BCUT2D eigenvalue weighted by molar-refractivity contribution is 0.0736. The number of benzene rings is 2. The molecule has 0 aromatic heterocycles. The first kappa shape index (κ1) is 19.0. The summed E-state index contributed by atoms with van der Waals surface area (Å²) >= 11 is 0. The monoisotopic (exact) mass is 368 g/mol. The van der Waals surface area contributed by atoms with Crippen LogP contribution in [0.5, 0.6) is 11.5 Å². The predicted octanol–water partition coefficient (Wildman–Crippen LogP) is 3.32. The highest BCUT2D eigenvalue weighted by molar-refractivity contribution is 5.97. The second-order valence-electron chi connectivity index (χ2n) is 6.68. The van der Waals surface area contributed by atoms with E-state index in [0.29, 0.717) is 35.8 Å². The van der Waals surface area contributed by atoms with Gasteiger partial charge in [-0.1, -0.05) is 31.5 Å². The molecule has 0 atom stereocenters. The van der Waals surface area contributed by atoms with Gasteiger partial charge in [-0.2, -0.15) is 0 Å². The molecule has 1 saturated heterocycles. The topological polar surface area (TPSA) is 79.6 Å². The first-order valence-corrected chi connectivity index (χ1v) is 9.59. The lowest BCUT2D eigenvalue weighted by Gasteiger charge is -2.28. The summed E-state index contributed by atoms with van der Waals surface area (Å²) in [5, 5.41) is 6.65. The van der Waals surface area contributed by atoms with E-state index in [4.69, 9.17) is 10.5 Å². The number of hydrogen-bond donors (Lipinski definition) is 3. The number of para-hydroxylation sites is 1. The van der Waals surface area contributed by atoms with E-state index >= 15 is 0 Å². The van der Waals surface area contributed by atoms with Crippen molar-refractivity contribution in [3.63, 3.8) is 0 Å². The van der Waals surface area contributed by atoms with Crippen molar-refractivity contribution in [2.24, 2.45) is 0 Å². The van der Waals surface area contributed by atoms with E-state index in [2.05, 4.69) is 17.6 Å². The van der Waals surface area contributed by atoms with Crippen LogP contribution in [-0.4, -0.2) is 43.5 Å². The average molecular weight is 368 g/mol. The standard InChI is InChI=1S/C21H28N4O2/c1-2-3-9-24-19-15-16(21(26)25-12-10-23-11-13-25)14-18(22)20(19)27-17-7-5-4-6-8-17/h4-8,14-15,23-24H,2-3,9-13,22H2,1H3. The molecule has 0 unspecified atom stereocenters. The summed E-state index contributed by atoms with van der Waals surface area (Å²) in [4.78, 5) is 14.7. The summed E-state index contributed by atoms with van der Waals surface area (Å²) in [5.41, 5.74) is 8.10. The second-order valence-corrected chi connectivity index (χ2v) is 6.68. The van der Waals surface area contributed by atoms with E-state index in [0.717, 1.165) is 38.2 Å². The van der Waals surface area contributed by atoms with E-state index < -0.39 is 0 Å². The van der Waals surface area contributed by atoms with Crippen molar-refractivity contribution >= 4 is 17.3 Å². The van der Waals surface area contributed by atoms with Crippen molar-refractivity contribution in [3.05, 3.63) is 48.0 Å². The van der Waals surface area contributed by atoms with Crippen molar-refractivity contribution < 1.29 is 9.53 Å². The maximum atomic E-state index is 12.9. The lowest BCUT2D eigenvalue weighted by atomic mass is 10.1. The summed E-state index contributed by atoms with van der Waals surface area (Å²) in [6, 6.07) is 13.1. The fourth-order valence-corrected chi connectivity index (χ4v) is 3.08. The number of carbonyl (C=O) groups is 1. The largest absolute Gasteiger partial charge is 0.453 e. The first-order chi connectivity index (χ1) is 13.2. The van der Waals surface area contributed by atoms with Crippen LogP contribution in [0.4, 0.5) is 11.4 Å². The molecule has 6 heteroatoms. The van der Waals surface area contributed by atoms with Gasteiger partial charge in [0.2, 0.25) is 0 Å². The molecule has 0 saturated carbocycles. The van der Waals surface area contributed by atoms with Crippen LogP contribution in [0.15, 0.2) is 42.5 Å². The van der Waals surface area contributed by atoms with E-state index in [-0.39, 0.29) is 5.91 Å². The van der Waals surface area contributed by atoms with Crippen molar-refractivity contribution in [1.29, 1.82) is 0 Å². The van der Waals surface area contributed by atoms with Crippen LogP contribution in [0.3, 0.4) is 0 Å². The number of hydrogen-bond acceptors (Lipinski definition) is 5. The summed E-state index contributed by atoms with van der Waals surface area (Å²) in [6.07, 6.45) is 2.11. The summed E-state index contributed by atoms with van der Waals surface area (Å²) in [6.45, 7) is 5.99. The van der Waals surface area contributed by atoms with E-state index in [9.17, 15) is 4.79 Å². The Morgan fingerprint density at radius 1 is 1.22 bits per heavy atom. The third kappa shape index (κ3) is 4.92. The van der Waals surface area contributed by atoms with Gasteiger partial charge in [-0.3, -0.25) is 4.79 Å². The Labute approximate surface area is 160 Å². The first-order valence-electron chi connectivity index (χ1n) is 9.59. The van der Waals surface area contributed by atoms with Crippen molar-refractivity contribution in [3.8, 4) is 11.5 Å². The van der Waals surface area contributed by atoms with Crippen LogP contribution in [-0.2, 0) is 0 Å². The molecule has 1 heterocycles. The minimum absolute atomic E-state index is 0.00741. The number of carbonyl (C=O) groups excluding carboxylic acids is 1. The molecule has 1 amide bonds. The Bertz CT molecular complexity index is 758. The number of nitrogens with one attached hydrogen (secondary N) is 2. The molecule has 4 N–H and O–H groups in total. The van der Waals surface area contributed by atoms with Crippen molar-refractivity contribution in [2.75, 3.05) is 43.8 Å². The van der Waals surface area contributed by atoms with Crippen LogP contribution in [0.2, 0.25) is 0 Å². The fraction of sp³-hybridized carbons (Fsp3) is 0.381. The summed E-state index contributed by atoms with van der Waals surface area (Å²) in [7, 11) is 0. The molecule has 1 aliphatic heterocycles. The van der Waals surface area contributed by atoms with Gasteiger partial charge >= 0.3 is 0 Å². The Morgan fingerprint density at radius 2 is 1.96 bits per heavy atom. The van der Waals surface area contributed by atoms with Gasteiger partial charge in [-0.05, 0) is 30.7 Å². The molecule has 2 aromatic carbocycles. The van der Waals surface area contributed by atoms with Gasteiger partial charge in [-0.25, -0.2) is 0 Å². The number of ether oxygens (including phenoxy) is 1. The quantitative estimate of drug-likeness (QED) is 0.516. The number of amides is 1. The highest BCUT2D eigenvalue weighted by atomic mass is 16.5. The molecule has 144 valence electrons. The zero-order chi connectivity index (χ0) is 19.1. The Balaban J connectivity index is 1.88. The van der Waals surface area contributed by atoms with Gasteiger partial charge in [0.05, 0.1) is 11.4 Å². The highest BCUT2D eigenvalue weighted by Gasteiger charge is 2.21. The van der Waals surface area contributed by atoms with E-state index in [1.54, 1.807) is 6.07 Å². The number of nitrogens with zero attached hydrogens (tertiary/aromatic N) is 1. The minimum Gasteiger partial charge on any atom is -0.453 e. The zero-order valence-electron chi connectivity index (χ0n) is 15.8. The van der Waals surface area contributed by atoms with E-state index in [1.807, 2.05) is 41.3 Å². The minimum atomic E-state index is 0.00741. The Morgan fingerprint density at radius 3 is 2.67 bits per heavy atom. The molecule has 0 spiro atoms. The van der Waals surface area contributed by atoms with Crippen molar-refractivity contribution in [1.82, 2.24) is 10.2 Å². The normalized spacial score (nSPS) is 14.0. The smallest absolute Gasteiger partial charge is 0.254 e. The van der Waals surface area contributed by atoms with E-state index in [1.165, 1.54) is 0 Å². The number of anilines is 2. The molecule has 2 aromatic rings. The Kier molecular flexibility index (Phi) is 6.54. The van der Waals surface area contributed by atoms with Crippen LogP contribution >= 0.6 is 0 Å². The molecule has 0 aliphatic carbocycles. The van der Waals surface area contributed by atoms with Crippen LogP contribution in [0, 0.1) is 0 Å². The van der Waals surface area contributed by atoms with Gasteiger partial charge in [0, 0.05) is 38.3 Å². The number of rotatable bonds is 7. The molecule has 27 heavy (non-hydrogen) atoms. The summed E-state index contributed by atoms with van der Waals surface area (Å²) in [5.74, 6) is 1.28. The molecule has 3 rings (SSSR count). The summed E-state index contributed by atoms with van der Waals surface area (Å²) < 4.78 is 6.03. The van der Waals surface area contributed by atoms with Gasteiger partial charge in [0.1, 0.15) is 5.75 Å². The predicted molar refractivity (Wildman–Crippen MR) is 110 cm³/mol. The highest BCUT2D eigenvalue weighted by Crippen LogP contribution is 2.37. The lowest BCUT2D eigenvalue weighted by Crippen LogP contribution is -2.46. The maximum Gasteiger partial charge on any atom is 0.254 e. The van der Waals surface area contributed by atoms with Crippen LogP contribution < -0.4 is 21.1 Å². The molecule has 6 nitrogen and oxygen atoms in total. The zero-order valence-corrected chi connectivity index (χ0v) is 15.8. The fourth-order valence-electron chi connectivity index (χ4n) is 3.08. The third-order valence-electron chi connectivity index (χ3n) is 4.58. The molecule has 0 bridgehead atoms. The third-order valence-corrected chi connectivity index (χ3v) is 4.58. The van der Waals surface area contributed by atoms with Crippen LogP contribution in [0.25, 0.3) is 0 Å². The molecule has 0 radical (unpaired) electrons. The SMILES string of the molecule is CCCCNc1cc(C(=O)N2CCNCC2)cc(N)c1Oc1ccccc1. The van der Waals surface area contributed by atoms with Gasteiger partial charge in [0.15, 0.2) is 5.75 Å². The van der Waals surface area contributed by atoms with Gasteiger partial charge < -0.3 is 26.0 Å². The number of piperazine rings is 1. The van der Waals surface area contributed by atoms with Crippen molar-refractivity contribution in [2.45, 2.75) is 19.8 Å². The average Bonchev–Trinajstić information content (AvgIpc) is 2.71. The number of unbranched alkanes of at least 4 members (excludes halogenated alkanes) is 1.